The topological polar surface area (TPSA) is 12.0 Å². The predicted octanol–water partition coefficient (Wildman–Crippen LogP) is 4.88. The van der Waals surface area contributed by atoms with Gasteiger partial charge in [0.2, 0.25) is 0 Å². The van der Waals surface area contributed by atoms with E-state index in [0.29, 0.717) is 10.0 Å². The molecule has 0 unspecified atom stereocenters. The molecule has 1 N–H and O–H groups in total. The van der Waals surface area contributed by atoms with E-state index in [1.54, 1.807) is 30.3 Å². The van der Waals surface area contributed by atoms with Crippen LogP contribution in [0.2, 0.25) is 10.0 Å². The lowest BCUT2D eigenvalue weighted by atomic mass is 10.2. The Bertz CT molecular complexity index is 497. The van der Waals surface area contributed by atoms with E-state index in [-0.39, 0.29) is 5.82 Å². The van der Waals surface area contributed by atoms with Crippen LogP contribution < -0.4 is 5.32 Å². The number of rotatable bonds is 2. The summed E-state index contributed by atoms with van der Waals surface area (Å²) in [4.78, 5) is 0. The Morgan fingerprint density at radius 1 is 0.812 bits per heavy atom. The van der Waals surface area contributed by atoms with Crippen molar-refractivity contribution in [1.82, 2.24) is 0 Å². The van der Waals surface area contributed by atoms with Gasteiger partial charge in [0.15, 0.2) is 0 Å². The van der Waals surface area contributed by atoms with E-state index in [9.17, 15) is 4.39 Å². The van der Waals surface area contributed by atoms with Gasteiger partial charge in [0, 0.05) is 11.4 Å². The van der Waals surface area contributed by atoms with Gasteiger partial charge in [0.1, 0.15) is 5.82 Å². The lowest BCUT2D eigenvalue weighted by Crippen LogP contribution is -1.90. The van der Waals surface area contributed by atoms with Crippen molar-refractivity contribution in [3.63, 3.8) is 0 Å². The molecule has 0 heterocycles. The summed E-state index contributed by atoms with van der Waals surface area (Å²) >= 11 is 11.7. The fraction of sp³-hybridized carbons (Fsp3) is 0. The monoisotopic (exact) mass is 255 g/mol. The molecule has 0 aliphatic heterocycles. The first-order valence-electron chi connectivity index (χ1n) is 4.63. The molecule has 4 heteroatoms. The molecule has 0 spiro atoms. The van der Waals surface area contributed by atoms with E-state index in [4.69, 9.17) is 23.2 Å². The third-order valence-corrected chi connectivity index (χ3v) is 2.79. The molecule has 82 valence electrons. The molecule has 0 fully saturated rings. The Kier molecular flexibility index (Phi) is 3.32. The first-order chi connectivity index (χ1) is 7.65. The van der Waals surface area contributed by atoms with Gasteiger partial charge < -0.3 is 5.32 Å². The van der Waals surface area contributed by atoms with Gasteiger partial charge in [0.25, 0.3) is 0 Å². The second kappa shape index (κ2) is 4.73. The van der Waals surface area contributed by atoms with Crippen molar-refractivity contribution in [3.8, 4) is 0 Å². The van der Waals surface area contributed by atoms with Crippen LogP contribution in [0.5, 0.6) is 0 Å². The van der Waals surface area contributed by atoms with Gasteiger partial charge in [-0.2, -0.15) is 0 Å². The summed E-state index contributed by atoms with van der Waals surface area (Å²) in [5, 5.41) is 4.08. The Labute approximate surface area is 103 Å². The van der Waals surface area contributed by atoms with Crippen LogP contribution in [0.25, 0.3) is 0 Å². The first-order valence-corrected chi connectivity index (χ1v) is 5.38. The molecule has 0 aliphatic carbocycles. The van der Waals surface area contributed by atoms with Crippen molar-refractivity contribution < 1.29 is 4.39 Å². The summed E-state index contributed by atoms with van der Waals surface area (Å²) in [7, 11) is 0. The van der Waals surface area contributed by atoms with Gasteiger partial charge in [-0.05, 0) is 42.5 Å². The Balaban J connectivity index is 2.20. The number of nitrogens with one attached hydrogen (secondary N) is 1. The molecule has 0 radical (unpaired) electrons. The Morgan fingerprint density at radius 3 is 2.06 bits per heavy atom. The van der Waals surface area contributed by atoms with Crippen molar-refractivity contribution >= 4 is 34.6 Å². The number of anilines is 2. The van der Waals surface area contributed by atoms with Gasteiger partial charge in [-0.25, -0.2) is 4.39 Å². The summed E-state index contributed by atoms with van der Waals surface area (Å²) in [5.41, 5.74) is 1.60. The van der Waals surface area contributed by atoms with Gasteiger partial charge in [-0.3, -0.25) is 0 Å². The van der Waals surface area contributed by atoms with E-state index in [1.165, 1.54) is 12.1 Å². The maximum atomic E-state index is 12.7. The third kappa shape index (κ3) is 2.65. The second-order valence-electron chi connectivity index (χ2n) is 3.26. The largest absolute Gasteiger partial charge is 0.355 e. The van der Waals surface area contributed by atoms with Crippen LogP contribution in [0.15, 0.2) is 42.5 Å². The van der Waals surface area contributed by atoms with Crippen LogP contribution in [0, 0.1) is 5.82 Å². The van der Waals surface area contributed by atoms with Crippen molar-refractivity contribution in [2.45, 2.75) is 0 Å². The number of hydrogen-bond donors (Lipinski definition) is 1. The normalized spacial score (nSPS) is 10.2. The van der Waals surface area contributed by atoms with Crippen LogP contribution in [0.3, 0.4) is 0 Å². The summed E-state index contributed by atoms with van der Waals surface area (Å²) in [6.07, 6.45) is 0. The smallest absolute Gasteiger partial charge is 0.123 e. The van der Waals surface area contributed by atoms with Crippen LogP contribution in [-0.2, 0) is 0 Å². The first kappa shape index (κ1) is 11.2. The molecular weight excluding hydrogens is 248 g/mol. The second-order valence-corrected chi connectivity index (χ2v) is 4.08. The zero-order chi connectivity index (χ0) is 11.5. The molecule has 0 atom stereocenters. The molecule has 0 aliphatic rings. The maximum Gasteiger partial charge on any atom is 0.123 e. The average molecular weight is 256 g/mol. The van der Waals surface area contributed by atoms with Crippen molar-refractivity contribution in [1.29, 1.82) is 0 Å². The standard InChI is InChI=1S/C12H8Cl2FN/c13-11-6-5-10(7-12(11)14)16-9-3-1-8(15)2-4-9/h1-7,16H. The highest BCUT2D eigenvalue weighted by Crippen LogP contribution is 2.26. The fourth-order valence-electron chi connectivity index (χ4n) is 1.27. The molecule has 0 saturated carbocycles. The summed E-state index contributed by atoms with van der Waals surface area (Å²) in [6, 6.07) is 11.3. The number of benzene rings is 2. The molecule has 2 aromatic rings. The minimum Gasteiger partial charge on any atom is -0.355 e. The van der Waals surface area contributed by atoms with Crippen LogP contribution >= 0.6 is 23.2 Å². The molecule has 16 heavy (non-hydrogen) atoms. The quantitative estimate of drug-likeness (QED) is 0.807. The minimum absolute atomic E-state index is 0.264. The van der Waals surface area contributed by atoms with Crippen LogP contribution in [0.1, 0.15) is 0 Å². The molecule has 1 nitrogen and oxygen atoms in total. The third-order valence-electron chi connectivity index (χ3n) is 2.05. The molecule has 2 rings (SSSR count). The van der Waals surface area contributed by atoms with E-state index in [1.807, 2.05) is 0 Å². The van der Waals surface area contributed by atoms with Crippen molar-refractivity contribution in [3.05, 3.63) is 58.3 Å². The number of halogens is 3. The molecule has 2 aromatic carbocycles. The SMILES string of the molecule is Fc1ccc(Nc2ccc(Cl)c(Cl)c2)cc1. The summed E-state index contributed by atoms with van der Waals surface area (Å²) in [5.74, 6) is -0.264. The van der Waals surface area contributed by atoms with Crippen molar-refractivity contribution in [2.75, 3.05) is 5.32 Å². The van der Waals surface area contributed by atoms with Gasteiger partial charge in [0.05, 0.1) is 10.0 Å². The van der Waals surface area contributed by atoms with Crippen molar-refractivity contribution in [2.24, 2.45) is 0 Å². The molecule has 0 saturated heterocycles. The fourth-order valence-corrected chi connectivity index (χ4v) is 1.57. The molecular formula is C12H8Cl2FN. The van der Waals surface area contributed by atoms with E-state index < -0.39 is 0 Å². The van der Waals surface area contributed by atoms with Crippen LogP contribution in [-0.4, -0.2) is 0 Å². The highest BCUT2D eigenvalue weighted by Gasteiger charge is 2.00. The summed E-state index contributed by atoms with van der Waals surface area (Å²) < 4.78 is 12.7. The highest BCUT2D eigenvalue weighted by atomic mass is 35.5. The Morgan fingerprint density at radius 2 is 1.44 bits per heavy atom. The summed E-state index contributed by atoms with van der Waals surface area (Å²) in [6.45, 7) is 0. The van der Waals surface area contributed by atoms with Gasteiger partial charge in [-0.1, -0.05) is 23.2 Å². The van der Waals surface area contributed by atoms with E-state index in [2.05, 4.69) is 5.32 Å². The van der Waals surface area contributed by atoms with E-state index in [0.717, 1.165) is 11.4 Å². The lowest BCUT2D eigenvalue weighted by molar-refractivity contribution is 0.628. The van der Waals surface area contributed by atoms with Gasteiger partial charge in [-0.15, -0.1) is 0 Å². The van der Waals surface area contributed by atoms with E-state index >= 15 is 0 Å². The average Bonchev–Trinajstić information content (AvgIpc) is 2.27. The zero-order valence-corrected chi connectivity index (χ0v) is 9.69. The van der Waals surface area contributed by atoms with Crippen LogP contribution in [0.4, 0.5) is 15.8 Å². The molecule has 0 bridgehead atoms. The Hall–Kier alpha value is -1.25. The molecule has 0 aromatic heterocycles. The minimum atomic E-state index is -0.264. The lowest BCUT2D eigenvalue weighted by Gasteiger charge is -2.07. The van der Waals surface area contributed by atoms with Gasteiger partial charge >= 0.3 is 0 Å². The highest BCUT2D eigenvalue weighted by molar-refractivity contribution is 6.42. The predicted molar refractivity (Wildman–Crippen MR) is 66.1 cm³/mol. The molecule has 0 amide bonds. The zero-order valence-electron chi connectivity index (χ0n) is 8.18. The maximum absolute atomic E-state index is 12.7. The number of hydrogen-bond acceptors (Lipinski definition) is 1.